The summed E-state index contributed by atoms with van der Waals surface area (Å²) in [6.07, 6.45) is 1.19. The summed E-state index contributed by atoms with van der Waals surface area (Å²) >= 11 is 0. The van der Waals surface area contributed by atoms with E-state index < -0.39 is 0 Å². The number of hydrogen-bond acceptors (Lipinski definition) is 3. The highest BCUT2D eigenvalue weighted by molar-refractivity contribution is 5.34. The van der Waals surface area contributed by atoms with Crippen LogP contribution in [-0.4, -0.2) is 13.2 Å². The number of ether oxygens (including phenoxy) is 2. The molecule has 0 bridgehead atoms. The van der Waals surface area contributed by atoms with Crippen LogP contribution in [0.5, 0.6) is 11.5 Å². The Kier molecular flexibility index (Phi) is 5.40. The second-order valence-electron chi connectivity index (χ2n) is 7.02. The van der Waals surface area contributed by atoms with Crippen molar-refractivity contribution in [2.75, 3.05) is 7.11 Å². The lowest BCUT2D eigenvalue weighted by Crippen LogP contribution is -2.17. The Bertz CT molecular complexity index is 844. The van der Waals surface area contributed by atoms with Gasteiger partial charge in [0.05, 0.1) is 7.11 Å². The maximum absolute atomic E-state index is 5.87. The highest BCUT2D eigenvalue weighted by Crippen LogP contribution is 2.41. The highest BCUT2D eigenvalue weighted by Gasteiger charge is 2.37. The number of hydrogen-bond donors (Lipinski definition) is 1. The third-order valence-corrected chi connectivity index (χ3v) is 5.07. The molecule has 2 unspecified atom stereocenters. The Morgan fingerprint density at radius 2 is 1.52 bits per heavy atom. The van der Waals surface area contributed by atoms with E-state index in [1.807, 2.05) is 30.3 Å². The molecule has 2 atom stereocenters. The van der Waals surface area contributed by atoms with Crippen molar-refractivity contribution in [1.29, 1.82) is 0 Å². The van der Waals surface area contributed by atoms with Crippen molar-refractivity contribution in [2.24, 2.45) is 0 Å². The van der Waals surface area contributed by atoms with Crippen LogP contribution in [0.3, 0.4) is 0 Å². The van der Waals surface area contributed by atoms with Crippen molar-refractivity contribution in [3.8, 4) is 11.5 Å². The van der Waals surface area contributed by atoms with Gasteiger partial charge in [-0.25, -0.2) is 0 Å². The molecule has 0 aromatic heterocycles. The lowest BCUT2D eigenvalue weighted by Gasteiger charge is -2.08. The molecule has 1 aliphatic rings. The second-order valence-corrected chi connectivity index (χ2v) is 7.02. The van der Waals surface area contributed by atoms with Crippen LogP contribution in [0.1, 0.15) is 29.0 Å². The SMILES string of the molecule is COc1ccc(CNC2CC2c2ccc(OCc3ccccc3)cc2)cc1. The van der Waals surface area contributed by atoms with E-state index in [1.54, 1.807) is 7.11 Å². The van der Waals surface area contributed by atoms with Crippen LogP contribution in [0.15, 0.2) is 78.9 Å². The average molecular weight is 359 g/mol. The molecule has 3 heteroatoms. The molecule has 1 N–H and O–H groups in total. The van der Waals surface area contributed by atoms with Crippen molar-refractivity contribution in [2.45, 2.75) is 31.5 Å². The minimum absolute atomic E-state index is 0.559. The van der Waals surface area contributed by atoms with Gasteiger partial charge < -0.3 is 14.8 Å². The summed E-state index contributed by atoms with van der Waals surface area (Å²) in [7, 11) is 1.69. The minimum Gasteiger partial charge on any atom is -0.497 e. The third-order valence-electron chi connectivity index (χ3n) is 5.07. The third kappa shape index (κ3) is 4.69. The second kappa shape index (κ2) is 8.28. The van der Waals surface area contributed by atoms with Crippen molar-refractivity contribution >= 4 is 0 Å². The molecule has 0 amide bonds. The van der Waals surface area contributed by atoms with Crippen LogP contribution < -0.4 is 14.8 Å². The van der Waals surface area contributed by atoms with E-state index in [0.717, 1.165) is 18.0 Å². The molecule has 1 aliphatic carbocycles. The fourth-order valence-corrected chi connectivity index (χ4v) is 3.33. The number of benzene rings is 3. The fraction of sp³-hybridized carbons (Fsp3) is 0.250. The first-order valence-electron chi connectivity index (χ1n) is 9.45. The standard InChI is InChI=1S/C24H25NO2/c1-26-21-11-7-18(8-12-21)16-25-24-15-23(24)20-9-13-22(14-10-20)27-17-19-5-3-2-4-6-19/h2-14,23-25H,15-17H2,1H3. The van der Waals surface area contributed by atoms with Gasteiger partial charge in [-0.05, 0) is 47.4 Å². The van der Waals surface area contributed by atoms with Crippen molar-refractivity contribution in [3.05, 3.63) is 95.6 Å². The van der Waals surface area contributed by atoms with E-state index in [0.29, 0.717) is 18.6 Å². The Morgan fingerprint density at radius 1 is 0.815 bits per heavy atom. The van der Waals surface area contributed by atoms with Gasteiger partial charge in [0, 0.05) is 18.5 Å². The molecule has 27 heavy (non-hydrogen) atoms. The van der Waals surface area contributed by atoms with E-state index >= 15 is 0 Å². The molecule has 1 saturated carbocycles. The molecule has 3 aromatic carbocycles. The number of nitrogens with one attached hydrogen (secondary N) is 1. The van der Waals surface area contributed by atoms with E-state index in [9.17, 15) is 0 Å². The van der Waals surface area contributed by atoms with Crippen LogP contribution >= 0.6 is 0 Å². The monoisotopic (exact) mass is 359 g/mol. The van der Waals surface area contributed by atoms with E-state index in [2.05, 4.69) is 53.8 Å². The van der Waals surface area contributed by atoms with E-state index in [-0.39, 0.29) is 0 Å². The van der Waals surface area contributed by atoms with Gasteiger partial charge in [-0.2, -0.15) is 0 Å². The number of rotatable bonds is 8. The van der Waals surface area contributed by atoms with Crippen LogP contribution in [0.2, 0.25) is 0 Å². The maximum atomic E-state index is 5.87. The summed E-state index contributed by atoms with van der Waals surface area (Å²) in [6.45, 7) is 1.50. The zero-order valence-electron chi connectivity index (χ0n) is 15.6. The first-order chi connectivity index (χ1) is 13.3. The summed E-state index contributed by atoms with van der Waals surface area (Å²) in [6, 6.07) is 27.6. The first kappa shape index (κ1) is 17.6. The predicted octanol–water partition coefficient (Wildman–Crippen LogP) is 4.92. The fourth-order valence-electron chi connectivity index (χ4n) is 3.33. The molecule has 0 heterocycles. The van der Waals surface area contributed by atoms with Crippen molar-refractivity contribution < 1.29 is 9.47 Å². The lowest BCUT2D eigenvalue weighted by molar-refractivity contribution is 0.306. The molecule has 1 fully saturated rings. The van der Waals surface area contributed by atoms with Crippen LogP contribution in [0, 0.1) is 0 Å². The van der Waals surface area contributed by atoms with Gasteiger partial charge in [0.15, 0.2) is 0 Å². The molecule has 138 valence electrons. The van der Waals surface area contributed by atoms with Gasteiger partial charge in [0.25, 0.3) is 0 Å². The van der Waals surface area contributed by atoms with Gasteiger partial charge in [-0.1, -0.05) is 54.6 Å². The molecule has 3 aromatic rings. The molecular formula is C24H25NO2. The van der Waals surface area contributed by atoms with Crippen LogP contribution in [-0.2, 0) is 13.2 Å². The molecule has 0 aliphatic heterocycles. The molecule has 0 radical (unpaired) electrons. The smallest absolute Gasteiger partial charge is 0.119 e. The minimum atomic E-state index is 0.559. The van der Waals surface area contributed by atoms with Gasteiger partial charge in [-0.3, -0.25) is 0 Å². The summed E-state index contributed by atoms with van der Waals surface area (Å²) in [5.41, 5.74) is 3.85. The molecule has 3 nitrogen and oxygen atoms in total. The van der Waals surface area contributed by atoms with E-state index in [4.69, 9.17) is 9.47 Å². The normalized spacial score (nSPS) is 18.1. The quantitative estimate of drug-likeness (QED) is 0.619. The number of methoxy groups -OCH3 is 1. The largest absolute Gasteiger partial charge is 0.497 e. The predicted molar refractivity (Wildman–Crippen MR) is 108 cm³/mol. The summed E-state index contributed by atoms with van der Waals surface area (Å²) < 4.78 is 11.1. The lowest BCUT2D eigenvalue weighted by atomic mass is 10.1. The van der Waals surface area contributed by atoms with Gasteiger partial charge >= 0.3 is 0 Å². The summed E-state index contributed by atoms with van der Waals surface area (Å²) in [4.78, 5) is 0. The molecule has 0 saturated heterocycles. The average Bonchev–Trinajstić information content (AvgIpc) is 3.52. The zero-order valence-corrected chi connectivity index (χ0v) is 15.6. The molecule has 0 spiro atoms. The topological polar surface area (TPSA) is 30.5 Å². The Hall–Kier alpha value is -2.78. The van der Waals surface area contributed by atoms with Crippen molar-refractivity contribution in [1.82, 2.24) is 5.32 Å². The van der Waals surface area contributed by atoms with Gasteiger partial charge in [0.2, 0.25) is 0 Å². The van der Waals surface area contributed by atoms with Gasteiger partial charge in [-0.15, -0.1) is 0 Å². The molecular weight excluding hydrogens is 334 g/mol. The highest BCUT2D eigenvalue weighted by atomic mass is 16.5. The van der Waals surface area contributed by atoms with Crippen LogP contribution in [0.4, 0.5) is 0 Å². The van der Waals surface area contributed by atoms with Crippen LogP contribution in [0.25, 0.3) is 0 Å². The summed E-state index contributed by atoms with van der Waals surface area (Å²) in [5.74, 6) is 2.43. The van der Waals surface area contributed by atoms with E-state index in [1.165, 1.54) is 23.1 Å². The molecule has 4 rings (SSSR count). The Morgan fingerprint density at radius 3 is 2.22 bits per heavy atom. The maximum Gasteiger partial charge on any atom is 0.119 e. The van der Waals surface area contributed by atoms with Gasteiger partial charge in [0.1, 0.15) is 18.1 Å². The summed E-state index contributed by atoms with van der Waals surface area (Å²) in [5, 5.41) is 3.65. The Labute approximate surface area is 161 Å². The zero-order chi connectivity index (χ0) is 18.5. The van der Waals surface area contributed by atoms with Crippen molar-refractivity contribution in [3.63, 3.8) is 0 Å². The Balaban J connectivity index is 1.25. The first-order valence-corrected chi connectivity index (χ1v) is 9.45.